The van der Waals surface area contributed by atoms with Gasteiger partial charge in [-0.1, -0.05) is 45.9 Å². The molecule has 2 aromatic rings. The zero-order chi connectivity index (χ0) is 14.8. The van der Waals surface area contributed by atoms with Crippen LogP contribution in [0.15, 0.2) is 30.5 Å². The van der Waals surface area contributed by atoms with E-state index in [9.17, 15) is 4.79 Å². The molecule has 5 N–H and O–H groups in total. The van der Waals surface area contributed by atoms with E-state index in [2.05, 4.69) is 4.98 Å². The minimum Gasteiger partial charge on any atom is -0.368 e. The zero-order valence-corrected chi connectivity index (χ0v) is 12.2. The van der Waals surface area contributed by atoms with Gasteiger partial charge in [-0.25, -0.2) is 0 Å². The number of carbonyl (C=O) groups excluding carboxylic acids is 1. The Morgan fingerprint density at radius 2 is 1.79 bits per heavy atom. The molecular weight excluding hydrogens is 238 g/mol. The Balaban J connectivity index is 0.000000741. The van der Waals surface area contributed by atoms with E-state index in [0.717, 1.165) is 16.5 Å². The summed E-state index contributed by atoms with van der Waals surface area (Å²) in [5.41, 5.74) is 12.8. The van der Waals surface area contributed by atoms with Crippen LogP contribution in [0.25, 0.3) is 10.9 Å². The Bertz CT molecular complexity index is 491. The number of rotatable bonds is 3. The fourth-order valence-corrected chi connectivity index (χ4v) is 1.64. The standard InChI is InChI=1S/C11H13N3O.2C2H6/c12-9(11(13)15)5-7-6-14-10-4-2-1-3-8(7)10;2*1-2/h1-4,6,9,14H,5,12H2,(H2,13,15);2*1-2H3. The smallest absolute Gasteiger partial charge is 0.234 e. The van der Waals surface area contributed by atoms with Crippen molar-refractivity contribution in [3.63, 3.8) is 0 Å². The molecule has 106 valence electrons. The summed E-state index contributed by atoms with van der Waals surface area (Å²) in [5, 5.41) is 1.09. The average Bonchev–Trinajstić information content (AvgIpc) is 2.86. The maximum Gasteiger partial charge on any atom is 0.234 e. The van der Waals surface area contributed by atoms with Gasteiger partial charge in [-0.15, -0.1) is 0 Å². The second kappa shape index (κ2) is 9.16. The van der Waals surface area contributed by atoms with Crippen molar-refractivity contribution in [1.82, 2.24) is 4.98 Å². The Kier molecular flexibility index (Phi) is 8.29. The van der Waals surface area contributed by atoms with Crippen molar-refractivity contribution < 1.29 is 4.79 Å². The van der Waals surface area contributed by atoms with E-state index in [1.807, 2.05) is 58.2 Å². The van der Waals surface area contributed by atoms with Gasteiger partial charge in [0.05, 0.1) is 6.04 Å². The summed E-state index contributed by atoms with van der Waals surface area (Å²) in [6, 6.07) is 7.26. The molecule has 1 unspecified atom stereocenters. The van der Waals surface area contributed by atoms with E-state index in [1.165, 1.54) is 0 Å². The van der Waals surface area contributed by atoms with Gasteiger partial charge in [0.1, 0.15) is 0 Å². The quantitative estimate of drug-likeness (QED) is 0.795. The first kappa shape index (κ1) is 17.2. The summed E-state index contributed by atoms with van der Waals surface area (Å²) in [6.45, 7) is 8.00. The minimum absolute atomic E-state index is 0.472. The van der Waals surface area contributed by atoms with Crippen molar-refractivity contribution in [3.05, 3.63) is 36.0 Å². The van der Waals surface area contributed by atoms with Crippen molar-refractivity contribution >= 4 is 16.8 Å². The lowest BCUT2D eigenvalue weighted by Gasteiger charge is -2.05. The molecule has 0 radical (unpaired) electrons. The molecule has 0 saturated heterocycles. The topological polar surface area (TPSA) is 84.9 Å². The number of fused-ring (bicyclic) bond motifs is 1. The molecule has 0 aliphatic carbocycles. The first-order valence-corrected chi connectivity index (χ1v) is 6.78. The molecule has 1 atom stereocenters. The van der Waals surface area contributed by atoms with Crippen molar-refractivity contribution in [2.45, 2.75) is 40.2 Å². The van der Waals surface area contributed by atoms with Gasteiger partial charge < -0.3 is 16.5 Å². The molecule has 0 aliphatic rings. The van der Waals surface area contributed by atoms with Gasteiger partial charge >= 0.3 is 0 Å². The third kappa shape index (κ3) is 4.75. The van der Waals surface area contributed by atoms with Crippen LogP contribution in [0, 0.1) is 0 Å². The first-order chi connectivity index (χ1) is 9.18. The van der Waals surface area contributed by atoms with Crippen LogP contribution in [0.2, 0.25) is 0 Å². The van der Waals surface area contributed by atoms with Gasteiger partial charge in [0.2, 0.25) is 5.91 Å². The molecular formula is C15H25N3O. The maximum absolute atomic E-state index is 10.8. The summed E-state index contributed by atoms with van der Waals surface area (Å²) in [6.07, 6.45) is 2.34. The molecule has 19 heavy (non-hydrogen) atoms. The largest absolute Gasteiger partial charge is 0.368 e. The number of benzene rings is 1. The van der Waals surface area contributed by atoms with Crippen molar-refractivity contribution in [2.75, 3.05) is 0 Å². The van der Waals surface area contributed by atoms with Crippen LogP contribution in [-0.2, 0) is 11.2 Å². The van der Waals surface area contributed by atoms with Crippen LogP contribution < -0.4 is 11.5 Å². The van der Waals surface area contributed by atoms with Crippen LogP contribution in [0.3, 0.4) is 0 Å². The lowest BCUT2D eigenvalue weighted by Crippen LogP contribution is -2.38. The number of nitrogens with one attached hydrogen (secondary N) is 1. The highest BCUT2D eigenvalue weighted by atomic mass is 16.1. The molecule has 0 spiro atoms. The van der Waals surface area contributed by atoms with Gasteiger partial charge in [-0.3, -0.25) is 4.79 Å². The highest BCUT2D eigenvalue weighted by Gasteiger charge is 2.12. The van der Waals surface area contributed by atoms with Gasteiger partial charge in [0.15, 0.2) is 0 Å². The molecule has 1 heterocycles. The predicted octanol–water partition coefficient (Wildman–Crippen LogP) is 2.58. The number of carbonyl (C=O) groups is 1. The number of hydrogen-bond donors (Lipinski definition) is 3. The summed E-state index contributed by atoms with van der Waals surface area (Å²) < 4.78 is 0. The normalized spacial score (nSPS) is 10.8. The summed E-state index contributed by atoms with van der Waals surface area (Å²) >= 11 is 0. The monoisotopic (exact) mass is 263 g/mol. The number of aromatic amines is 1. The highest BCUT2D eigenvalue weighted by molar-refractivity contribution is 5.85. The van der Waals surface area contributed by atoms with Gasteiger partial charge in [-0.2, -0.15) is 0 Å². The number of aromatic nitrogens is 1. The molecule has 0 bridgehead atoms. The lowest BCUT2D eigenvalue weighted by molar-refractivity contribution is -0.119. The Morgan fingerprint density at radius 3 is 2.37 bits per heavy atom. The number of hydrogen-bond acceptors (Lipinski definition) is 2. The third-order valence-corrected chi connectivity index (χ3v) is 2.48. The zero-order valence-electron chi connectivity index (χ0n) is 12.2. The predicted molar refractivity (Wildman–Crippen MR) is 81.9 cm³/mol. The first-order valence-electron chi connectivity index (χ1n) is 6.78. The van der Waals surface area contributed by atoms with E-state index in [-0.39, 0.29) is 0 Å². The van der Waals surface area contributed by atoms with Crippen LogP contribution in [0.1, 0.15) is 33.3 Å². The van der Waals surface area contributed by atoms with Crippen LogP contribution in [0.5, 0.6) is 0 Å². The van der Waals surface area contributed by atoms with Crippen LogP contribution >= 0.6 is 0 Å². The molecule has 1 aromatic carbocycles. The molecule has 4 heteroatoms. The van der Waals surface area contributed by atoms with Crippen LogP contribution in [-0.4, -0.2) is 16.9 Å². The lowest BCUT2D eigenvalue weighted by atomic mass is 10.1. The highest BCUT2D eigenvalue weighted by Crippen LogP contribution is 2.18. The summed E-state index contributed by atoms with van der Waals surface area (Å²) in [7, 11) is 0. The molecule has 0 fully saturated rings. The van der Waals surface area contributed by atoms with E-state index in [4.69, 9.17) is 11.5 Å². The number of nitrogens with two attached hydrogens (primary N) is 2. The molecule has 1 aromatic heterocycles. The summed E-state index contributed by atoms with van der Waals surface area (Å²) in [4.78, 5) is 14.0. The van der Waals surface area contributed by atoms with E-state index < -0.39 is 11.9 Å². The molecule has 4 nitrogen and oxygen atoms in total. The van der Waals surface area contributed by atoms with Crippen molar-refractivity contribution in [3.8, 4) is 0 Å². The Morgan fingerprint density at radius 1 is 1.21 bits per heavy atom. The molecule has 0 aliphatic heterocycles. The summed E-state index contributed by atoms with van der Waals surface area (Å²) in [5.74, 6) is -0.472. The van der Waals surface area contributed by atoms with E-state index in [0.29, 0.717) is 6.42 Å². The number of para-hydroxylation sites is 1. The van der Waals surface area contributed by atoms with Gasteiger partial charge in [0.25, 0.3) is 0 Å². The third-order valence-electron chi connectivity index (χ3n) is 2.48. The SMILES string of the molecule is CC.CC.NC(=O)C(N)Cc1c[nH]c2ccccc12. The molecule has 2 rings (SSSR count). The maximum atomic E-state index is 10.8. The van der Waals surface area contributed by atoms with Gasteiger partial charge in [-0.05, 0) is 18.1 Å². The average molecular weight is 263 g/mol. The Hall–Kier alpha value is -1.81. The van der Waals surface area contributed by atoms with Crippen LogP contribution in [0.4, 0.5) is 0 Å². The Labute approximate surface area is 115 Å². The fourth-order valence-electron chi connectivity index (χ4n) is 1.64. The molecule has 1 amide bonds. The van der Waals surface area contributed by atoms with Crippen molar-refractivity contribution in [1.29, 1.82) is 0 Å². The second-order valence-corrected chi connectivity index (χ2v) is 3.57. The molecule has 0 saturated carbocycles. The minimum atomic E-state index is -0.621. The van der Waals surface area contributed by atoms with E-state index >= 15 is 0 Å². The number of primary amides is 1. The number of H-pyrrole nitrogens is 1. The fraction of sp³-hybridized carbons (Fsp3) is 0.400. The van der Waals surface area contributed by atoms with Crippen molar-refractivity contribution in [2.24, 2.45) is 11.5 Å². The van der Waals surface area contributed by atoms with Gasteiger partial charge in [0, 0.05) is 17.1 Å². The van der Waals surface area contributed by atoms with E-state index in [1.54, 1.807) is 0 Å². The number of amides is 1. The second-order valence-electron chi connectivity index (χ2n) is 3.57.